The van der Waals surface area contributed by atoms with Gasteiger partial charge in [-0.1, -0.05) is 25.7 Å². The van der Waals surface area contributed by atoms with Crippen molar-refractivity contribution in [3.63, 3.8) is 0 Å². The van der Waals surface area contributed by atoms with E-state index in [9.17, 15) is 28.6 Å². The topological polar surface area (TPSA) is 79.5 Å². The summed E-state index contributed by atoms with van der Waals surface area (Å²) in [5.74, 6) is -6.84. The number of fused-ring (bicyclic) bond motifs is 1. The summed E-state index contributed by atoms with van der Waals surface area (Å²) in [5, 5.41) is 19.8. The maximum absolute atomic E-state index is 15.1. The summed E-state index contributed by atoms with van der Waals surface area (Å²) in [7, 11) is 0. The molecule has 0 unspecified atom stereocenters. The summed E-state index contributed by atoms with van der Waals surface area (Å²) < 4.78 is 43.3. The number of hydrogen-bond donors (Lipinski definition) is 2. The van der Waals surface area contributed by atoms with Crippen LogP contribution in [0.2, 0.25) is 0 Å². The van der Waals surface area contributed by atoms with Gasteiger partial charge in [0.25, 0.3) is 5.91 Å². The third-order valence-electron chi connectivity index (χ3n) is 6.40. The second kappa shape index (κ2) is 8.33. The Kier molecular flexibility index (Phi) is 5.71. The molecule has 5 nitrogen and oxygen atoms in total. The highest BCUT2D eigenvalue weighted by Gasteiger charge is 2.34. The normalized spacial score (nSPS) is 15.4. The van der Waals surface area contributed by atoms with Crippen molar-refractivity contribution >= 4 is 22.8 Å². The molecular formula is C24H22F3NO4. The first-order chi connectivity index (χ1) is 15.2. The number of carboxylic acids is 1. The molecule has 3 aromatic rings. The monoisotopic (exact) mass is 445 g/mol. The number of phenols is 1. The molecule has 0 spiro atoms. The Morgan fingerprint density at radius 3 is 2.41 bits per heavy atom. The van der Waals surface area contributed by atoms with Crippen LogP contribution in [0, 0.1) is 30.3 Å². The Bertz CT molecular complexity index is 1230. The number of rotatable bonds is 5. The zero-order chi connectivity index (χ0) is 23.2. The third kappa shape index (κ3) is 3.63. The van der Waals surface area contributed by atoms with E-state index in [1.807, 2.05) is 0 Å². The smallest absolute Gasteiger partial charge is 0.311 e. The van der Waals surface area contributed by atoms with E-state index in [-0.39, 0.29) is 40.1 Å². The number of aliphatic carboxylic acids is 1. The molecule has 0 aliphatic heterocycles. The van der Waals surface area contributed by atoms with Crippen molar-refractivity contribution in [1.29, 1.82) is 0 Å². The maximum atomic E-state index is 15.1. The SMILES string of the molecule is Cc1c([C@H](CC2CCCC2)C(=O)O)c2c(F)c(O)ccc2n1C(=O)c1ccc(F)c(F)c1. The van der Waals surface area contributed by atoms with Crippen LogP contribution in [0.4, 0.5) is 13.2 Å². The van der Waals surface area contributed by atoms with Crippen molar-refractivity contribution in [3.05, 3.63) is 64.6 Å². The van der Waals surface area contributed by atoms with Gasteiger partial charge in [0, 0.05) is 16.6 Å². The molecule has 1 saturated carbocycles. The highest BCUT2D eigenvalue weighted by atomic mass is 19.2. The number of aromatic nitrogens is 1. The van der Waals surface area contributed by atoms with Crippen molar-refractivity contribution in [2.45, 2.75) is 44.9 Å². The number of nitrogens with zero attached hydrogens (tertiary/aromatic N) is 1. The molecule has 1 aliphatic carbocycles. The summed E-state index contributed by atoms with van der Waals surface area (Å²) in [6, 6.07) is 5.05. The van der Waals surface area contributed by atoms with Gasteiger partial charge in [0.15, 0.2) is 23.2 Å². The third-order valence-corrected chi connectivity index (χ3v) is 6.40. The number of aromatic hydroxyl groups is 1. The Labute approximate surface area is 182 Å². The average Bonchev–Trinajstić information content (AvgIpc) is 3.36. The molecule has 0 saturated heterocycles. The predicted molar refractivity (Wildman–Crippen MR) is 111 cm³/mol. The van der Waals surface area contributed by atoms with Crippen LogP contribution in [0.5, 0.6) is 5.75 Å². The van der Waals surface area contributed by atoms with Crippen molar-refractivity contribution in [2.75, 3.05) is 0 Å². The number of hydrogen-bond acceptors (Lipinski definition) is 3. The summed E-state index contributed by atoms with van der Waals surface area (Å²) in [5.41, 5.74) is 0.181. The van der Waals surface area contributed by atoms with Crippen molar-refractivity contribution < 1.29 is 33.0 Å². The van der Waals surface area contributed by atoms with E-state index >= 15 is 4.39 Å². The minimum Gasteiger partial charge on any atom is -0.505 e. The van der Waals surface area contributed by atoms with E-state index in [2.05, 4.69) is 0 Å². The molecule has 8 heteroatoms. The molecule has 1 heterocycles. The maximum Gasteiger partial charge on any atom is 0.311 e. The van der Waals surface area contributed by atoms with Crippen molar-refractivity contribution in [1.82, 2.24) is 4.57 Å². The van der Waals surface area contributed by atoms with Gasteiger partial charge in [-0.15, -0.1) is 0 Å². The molecule has 2 N–H and O–H groups in total. The number of halogens is 3. The molecule has 168 valence electrons. The minimum absolute atomic E-state index is 0.0557. The molecule has 32 heavy (non-hydrogen) atoms. The fourth-order valence-electron chi connectivity index (χ4n) is 4.85. The van der Waals surface area contributed by atoms with Gasteiger partial charge >= 0.3 is 5.97 Å². The molecule has 1 aromatic heterocycles. The van der Waals surface area contributed by atoms with Gasteiger partial charge in [-0.2, -0.15) is 0 Å². The standard InChI is InChI=1S/C24H22F3NO4/c1-12-20(15(24(31)32)10-13-4-2-3-5-13)21-18(8-9-19(29)22(21)27)28(12)23(30)14-6-7-16(25)17(26)11-14/h6-9,11,13,15,29H,2-5,10H2,1H3,(H,31,32)/t15-/m0/s1. The number of carbonyl (C=O) groups excluding carboxylic acids is 1. The highest BCUT2D eigenvalue weighted by Crippen LogP contribution is 2.42. The Morgan fingerprint density at radius 1 is 1.09 bits per heavy atom. The zero-order valence-electron chi connectivity index (χ0n) is 17.4. The van der Waals surface area contributed by atoms with Gasteiger partial charge < -0.3 is 10.2 Å². The fraction of sp³-hybridized carbons (Fsp3) is 0.333. The number of carboxylic acid groups (broad SMARTS) is 1. The summed E-state index contributed by atoms with van der Waals surface area (Å²) in [4.78, 5) is 25.5. The van der Waals surface area contributed by atoms with Crippen molar-refractivity contribution in [2.24, 2.45) is 5.92 Å². The summed E-state index contributed by atoms with van der Waals surface area (Å²) >= 11 is 0. The van der Waals surface area contributed by atoms with Crippen LogP contribution in [0.1, 0.15) is 59.6 Å². The Balaban J connectivity index is 1.94. The fourth-order valence-corrected chi connectivity index (χ4v) is 4.85. The lowest BCUT2D eigenvalue weighted by Gasteiger charge is -2.18. The first-order valence-corrected chi connectivity index (χ1v) is 10.5. The van der Waals surface area contributed by atoms with Crippen LogP contribution in [0.3, 0.4) is 0 Å². The van der Waals surface area contributed by atoms with Crippen LogP contribution in [0.15, 0.2) is 30.3 Å². The van der Waals surface area contributed by atoms with E-state index in [1.54, 1.807) is 0 Å². The number of benzene rings is 2. The van der Waals surface area contributed by atoms with Gasteiger partial charge in [-0.05, 0) is 55.2 Å². The zero-order valence-corrected chi connectivity index (χ0v) is 17.4. The van der Waals surface area contributed by atoms with Crippen LogP contribution >= 0.6 is 0 Å². The van der Waals surface area contributed by atoms with Gasteiger partial charge in [0.05, 0.1) is 11.4 Å². The first kappa shape index (κ1) is 21.9. The van der Waals surface area contributed by atoms with E-state index in [0.29, 0.717) is 0 Å². The van der Waals surface area contributed by atoms with E-state index < -0.39 is 41.0 Å². The molecule has 4 rings (SSSR count). The first-order valence-electron chi connectivity index (χ1n) is 10.5. The molecule has 0 amide bonds. The second-order valence-electron chi connectivity index (χ2n) is 8.34. The molecule has 1 fully saturated rings. The highest BCUT2D eigenvalue weighted by molar-refractivity contribution is 6.05. The average molecular weight is 445 g/mol. The van der Waals surface area contributed by atoms with E-state index in [1.165, 1.54) is 13.0 Å². The van der Waals surface area contributed by atoms with Crippen LogP contribution in [-0.2, 0) is 4.79 Å². The van der Waals surface area contributed by atoms with E-state index in [4.69, 9.17) is 0 Å². The molecule has 0 bridgehead atoms. The predicted octanol–water partition coefficient (Wildman–Crippen LogP) is 5.51. The molecule has 1 atom stereocenters. The lowest BCUT2D eigenvalue weighted by Crippen LogP contribution is -2.18. The van der Waals surface area contributed by atoms with Gasteiger partial charge in [0.2, 0.25) is 0 Å². The quantitative estimate of drug-likeness (QED) is 0.543. The summed E-state index contributed by atoms with van der Waals surface area (Å²) in [6.45, 7) is 1.49. The lowest BCUT2D eigenvalue weighted by molar-refractivity contribution is -0.139. The van der Waals surface area contributed by atoms with Crippen LogP contribution < -0.4 is 0 Å². The van der Waals surface area contributed by atoms with Crippen LogP contribution in [-0.4, -0.2) is 26.7 Å². The molecule has 1 aliphatic rings. The minimum atomic E-state index is -1.21. The van der Waals surface area contributed by atoms with Gasteiger partial charge in [-0.25, -0.2) is 13.2 Å². The lowest BCUT2D eigenvalue weighted by atomic mass is 9.86. The molecule has 0 radical (unpaired) electrons. The van der Waals surface area contributed by atoms with E-state index in [0.717, 1.165) is 54.5 Å². The summed E-state index contributed by atoms with van der Waals surface area (Å²) in [6.07, 6.45) is 4.04. The van der Waals surface area contributed by atoms with Gasteiger partial charge in [0.1, 0.15) is 0 Å². The second-order valence-corrected chi connectivity index (χ2v) is 8.34. The number of phenolic OH excluding ortho intramolecular Hbond substituents is 1. The van der Waals surface area contributed by atoms with Crippen molar-refractivity contribution in [3.8, 4) is 5.75 Å². The van der Waals surface area contributed by atoms with Crippen LogP contribution in [0.25, 0.3) is 10.9 Å². The Hall–Kier alpha value is -3.29. The van der Waals surface area contributed by atoms with Gasteiger partial charge in [-0.3, -0.25) is 14.2 Å². The molecular weight excluding hydrogens is 423 g/mol. The molecule has 2 aromatic carbocycles. The Morgan fingerprint density at radius 2 is 1.78 bits per heavy atom. The largest absolute Gasteiger partial charge is 0.505 e. The number of carbonyl (C=O) groups is 2.